The minimum Gasteiger partial charge on any atom is -0.391 e. The minimum absolute atomic E-state index is 0.0506. The van der Waals surface area contributed by atoms with Gasteiger partial charge in [-0.2, -0.15) is 16.8 Å². The van der Waals surface area contributed by atoms with Gasteiger partial charge in [0.05, 0.1) is 40.4 Å². The first-order valence-electron chi connectivity index (χ1n) is 9.87. The molecule has 30 heavy (non-hydrogen) atoms. The van der Waals surface area contributed by atoms with Gasteiger partial charge in [0, 0.05) is 0 Å². The van der Waals surface area contributed by atoms with E-state index >= 15 is 0 Å². The van der Waals surface area contributed by atoms with E-state index in [0.717, 1.165) is 25.7 Å². The third kappa shape index (κ3) is 16.3. The molecule has 0 rings (SSSR count). The van der Waals surface area contributed by atoms with Crippen LogP contribution in [-0.2, 0) is 29.2 Å². The first-order chi connectivity index (χ1) is 13.7. The molecule has 0 radical (unpaired) electrons. The van der Waals surface area contributed by atoms with E-state index in [4.69, 9.17) is 9.11 Å². The molecule has 12 nitrogen and oxygen atoms in total. The van der Waals surface area contributed by atoms with E-state index < -0.39 is 20.8 Å². The molecule has 0 saturated carbocycles. The zero-order chi connectivity index (χ0) is 23.3. The number of hydrogen-bond acceptors (Lipinski definition) is 8. The summed E-state index contributed by atoms with van der Waals surface area (Å²) in [6.07, 6.45) is 3.49. The van der Waals surface area contributed by atoms with Crippen molar-refractivity contribution in [2.75, 3.05) is 79.8 Å². The smallest absolute Gasteiger partial charge is 0.391 e. The Morgan fingerprint density at radius 1 is 0.600 bits per heavy atom. The van der Waals surface area contributed by atoms with Crippen LogP contribution in [0.1, 0.15) is 25.7 Å². The second-order valence-electron chi connectivity index (χ2n) is 7.94. The third-order valence-corrected chi connectivity index (χ3v) is 6.08. The number of nitrogens with zero attached hydrogens (tertiary/aromatic N) is 2. The zero-order valence-electron chi connectivity index (χ0n) is 17.8. The van der Waals surface area contributed by atoms with Crippen LogP contribution in [0.4, 0.5) is 0 Å². The quantitative estimate of drug-likeness (QED) is 0.102. The molecule has 0 aliphatic heterocycles. The molecule has 0 amide bonds. The molecule has 4 N–H and O–H groups in total. The normalized spacial score (nSPS) is 16.9. The number of likely N-dealkylation sites (N-methyl/N-ethyl adjacent to an activating group) is 2. The summed E-state index contributed by atoms with van der Waals surface area (Å²) in [5.74, 6) is 0. The molecular weight excluding hydrogens is 444 g/mol. The van der Waals surface area contributed by atoms with Crippen LogP contribution in [0.2, 0.25) is 0 Å². The molecule has 0 saturated heterocycles. The van der Waals surface area contributed by atoms with Crippen LogP contribution in [-0.4, -0.2) is 125 Å². The molecular formula is C16H38N2O10S2+2. The molecule has 0 heterocycles. The summed E-state index contributed by atoms with van der Waals surface area (Å²) < 4.78 is 69.5. The average Bonchev–Trinajstić information content (AvgIpc) is 2.56. The van der Waals surface area contributed by atoms with Gasteiger partial charge in [-0.25, -0.2) is 8.37 Å². The zero-order valence-corrected chi connectivity index (χ0v) is 19.5. The van der Waals surface area contributed by atoms with Crippen LogP contribution >= 0.6 is 0 Å². The monoisotopic (exact) mass is 482 g/mol. The number of aliphatic hydroxyl groups is 2. The fraction of sp³-hybridized carbons (Fsp3) is 1.00. The van der Waals surface area contributed by atoms with Gasteiger partial charge in [0.1, 0.15) is 39.4 Å². The van der Waals surface area contributed by atoms with E-state index in [0.29, 0.717) is 48.2 Å². The van der Waals surface area contributed by atoms with Crippen LogP contribution in [0.25, 0.3) is 0 Å². The van der Waals surface area contributed by atoms with Gasteiger partial charge in [0.15, 0.2) is 0 Å². The van der Waals surface area contributed by atoms with Gasteiger partial charge >= 0.3 is 20.8 Å². The molecule has 182 valence electrons. The summed E-state index contributed by atoms with van der Waals surface area (Å²) in [4.78, 5) is 0. The molecule has 0 aromatic carbocycles. The summed E-state index contributed by atoms with van der Waals surface area (Å²) in [6, 6.07) is 0. The molecule has 2 unspecified atom stereocenters. The molecule has 0 aromatic rings. The lowest BCUT2D eigenvalue weighted by molar-refractivity contribution is -0.910. The summed E-state index contributed by atoms with van der Waals surface area (Å²) in [5, 5.41) is 18.5. The second kappa shape index (κ2) is 13.9. The average molecular weight is 483 g/mol. The molecule has 0 bridgehead atoms. The Balaban J connectivity index is 4.31. The third-order valence-electron chi connectivity index (χ3n) is 5.15. The topological polar surface area (TPSA) is 168 Å². The van der Waals surface area contributed by atoms with E-state index in [1.807, 2.05) is 14.1 Å². The van der Waals surface area contributed by atoms with Crippen LogP contribution in [0, 0.1) is 0 Å². The number of hydrogen-bond donors (Lipinski definition) is 4. The van der Waals surface area contributed by atoms with E-state index in [2.05, 4.69) is 8.37 Å². The van der Waals surface area contributed by atoms with Crippen molar-refractivity contribution in [2.24, 2.45) is 0 Å². The molecule has 0 aromatic heterocycles. The number of unbranched alkanes of at least 4 members (excludes halogenated alkanes) is 3. The fourth-order valence-electron chi connectivity index (χ4n) is 3.22. The maximum absolute atomic E-state index is 10.7. The number of rotatable bonds is 19. The molecule has 2 atom stereocenters. The van der Waals surface area contributed by atoms with Gasteiger partial charge in [-0.1, -0.05) is 0 Å². The lowest BCUT2D eigenvalue weighted by atomic mass is 10.1. The van der Waals surface area contributed by atoms with Crippen molar-refractivity contribution in [1.29, 1.82) is 0 Å². The molecule has 14 heteroatoms. The van der Waals surface area contributed by atoms with Crippen molar-refractivity contribution in [3.05, 3.63) is 0 Å². The van der Waals surface area contributed by atoms with E-state index in [9.17, 15) is 27.0 Å². The van der Waals surface area contributed by atoms with Crippen molar-refractivity contribution < 1.29 is 53.5 Å². The summed E-state index contributed by atoms with van der Waals surface area (Å²) in [5.41, 5.74) is 0. The number of quaternary nitrogens is 2. The van der Waals surface area contributed by atoms with Gasteiger partial charge in [-0.15, -0.1) is 0 Å². The Kier molecular flexibility index (Phi) is 13.7. The second-order valence-corrected chi connectivity index (χ2v) is 10.1. The Bertz CT molecular complexity index is 616. The Morgan fingerprint density at radius 3 is 1.20 bits per heavy atom. The summed E-state index contributed by atoms with van der Waals surface area (Å²) in [7, 11) is -5.19. The largest absolute Gasteiger partial charge is 0.397 e. The van der Waals surface area contributed by atoms with E-state index in [1.54, 1.807) is 0 Å². The lowest BCUT2D eigenvalue weighted by Crippen LogP contribution is -2.49. The van der Waals surface area contributed by atoms with Crippen LogP contribution in [0.15, 0.2) is 0 Å². The minimum atomic E-state index is -4.48. The van der Waals surface area contributed by atoms with Gasteiger partial charge in [-0.3, -0.25) is 9.11 Å². The predicted octanol–water partition coefficient (Wildman–Crippen LogP) is -0.937. The van der Waals surface area contributed by atoms with Crippen molar-refractivity contribution >= 4 is 20.8 Å². The van der Waals surface area contributed by atoms with E-state index in [1.165, 1.54) is 0 Å². The van der Waals surface area contributed by atoms with Crippen LogP contribution in [0.3, 0.4) is 0 Å². The highest BCUT2D eigenvalue weighted by molar-refractivity contribution is 7.81. The Hall–Kier alpha value is -0.420. The van der Waals surface area contributed by atoms with Crippen molar-refractivity contribution in [3.8, 4) is 0 Å². The maximum atomic E-state index is 10.7. The first-order valence-corrected chi connectivity index (χ1v) is 12.6. The van der Waals surface area contributed by atoms with Gasteiger partial charge in [-0.05, 0) is 25.7 Å². The fourth-order valence-corrected chi connectivity index (χ4v) is 3.79. The SMILES string of the molecule is C[N+](CCO)(CCCCCC[N+](C)(CCO)CCOS(=O)(=O)O)CCOS(=O)(=O)O. The Labute approximate surface area is 180 Å². The van der Waals surface area contributed by atoms with Gasteiger partial charge in [0.25, 0.3) is 0 Å². The van der Waals surface area contributed by atoms with Gasteiger partial charge < -0.3 is 19.2 Å². The van der Waals surface area contributed by atoms with Crippen LogP contribution in [0.5, 0.6) is 0 Å². The van der Waals surface area contributed by atoms with Crippen molar-refractivity contribution in [1.82, 2.24) is 0 Å². The lowest BCUT2D eigenvalue weighted by Gasteiger charge is -2.34. The predicted molar refractivity (Wildman–Crippen MR) is 109 cm³/mol. The van der Waals surface area contributed by atoms with Crippen molar-refractivity contribution in [2.45, 2.75) is 25.7 Å². The molecule has 0 spiro atoms. The van der Waals surface area contributed by atoms with E-state index in [-0.39, 0.29) is 26.4 Å². The van der Waals surface area contributed by atoms with Gasteiger partial charge in [0.2, 0.25) is 0 Å². The highest BCUT2D eigenvalue weighted by Gasteiger charge is 2.23. The maximum Gasteiger partial charge on any atom is 0.397 e. The summed E-state index contributed by atoms with van der Waals surface area (Å²) >= 11 is 0. The van der Waals surface area contributed by atoms with Crippen molar-refractivity contribution in [3.63, 3.8) is 0 Å². The Morgan fingerprint density at radius 2 is 0.933 bits per heavy atom. The molecule has 0 aliphatic rings. The molecule has 0 fully saturated rings. The summed E-state index contributed by atoms with van der Waals surface area (Å²) in [6.45, 7) is 2.52. The number of aliphatic hydroxyl groups excluding tert-OH is 2. The molecule has 0 aliphatic carbocycles. The first kappa shape index (κ1) is 29.6. The highest BCUT2D eigenvalue weighted by Crippen LogP contribution is 2.11. The van der Waals surface area contributed by atoms with Crippen LogP contribution < -0.4 is 0 Å². The highest BCUT2D eigenvalue weighted by atomic mass is 32.3. The standard InChI is InChI=1S/C16H36N2O10S2/c1-17(9-13-19,11-15-27-29(21,22)23)7-5-3-4-6-8-18(2,10-14-20)12-16-28-30(24,25)26/h19-20H,3-16H2,1-2H3/p+2.